The smallest absolute Gasteiger partial charge is 0.215 e. The number of ether oxygens (including phenoxy) is 1. The molecule has 2 heteroatoms. The average molecular weight is 151 g/mol. The van der Waals surface area contributed by atoms with Crippen LogP contribution in [0.1, 0.15) is 19.8 Å². The summed E-state index contributed by atoms with van der Waals surface area (Å²) >= 11 is 0. The van der Waals surface area contributed by atoms with Crippen LogP contribution in [-0.4, -0.2) is 12.8 Å². The van der Waals surface area contributed by atoms with Crippen molar-refractivity contribution in [2.45, 2.75) is 25.9 Å². The van der Waals surface area contributed by atoms with Gasteiger partial charge in [0.05, 0.1) is 0 Å². The Bertz CT molecular complexity index is 202. The molecule has 0 aromatic heterocycles. The van der Waals surface area contributed by atoms with Crippen molar-refractivity contribution in [3.8, 4) is 0 Å². The number of rotatable bonds is 4. The molecule has 2 nitrogen and oxygen atoms in total. The van der Waals surface area contributed by atoms with Crippen molar-refractivity contribution in [1.29, 1.82) is 0 Å². The second-order valence-electron chi connectivity index (χ2n) is 2.67. The van der Waals surface area contributed by atoms with E-state index in [9.17, 15) is 0 Å². The van der Waals surface area contributed by atoms with Gasteiger partial charge in [-0.1, -0.05) is 12.7 Å². The zero-order valence-electron chi connectivity index (χ0n) is 6.84. The highest BCUT2D eigenvalue weighted by Crippen LogP contribution is 2.27. The van der Waals surface area contributed by atoms with Gasteiger partial charge in [0.25, 0.3) is 0 Å². The van der Waals surface area contributed by atoms with Crippen LogP contribution >= 0.6 is 0 Å². The second-order valence-corrected chi connectivity index (χ2v) is 2.67. The first kappa shape index (κ1) is 8.05. The third-order valence-electron chi connectivity index (χ3n) is 1.59. The number of nitrogens with zero attached hydrogens (tertiary/aromatic N) is 1. The monoisotopic (exact) mass is 151 g/mol. The van der Waals surface area contributed by atoms with E-state index in [0.29, 0.717) is 12.0 Å². The second kappa shape index (κ2) is 3.37. The maximum absolute atomic E-state index is 5.44. The molecular formula is C9H13NO. The fourth-order valence-electron chi connectivity index (χ4n) is 0.686. The third kappa shape index (κ3) is 2.22. The normalized spacial score (nSPS) is 18.6. The standard InChI is InChI=1S/C9H13NO/c1-4-7(2)9(10-3)11-8-5-6-8/h4,8H,1,3,5-6H2,2H3/b9-7+. The van der Waals surface area contributed by atoms with Crippen LogP contribution < -0.4 is 0 Å². The lowest BCUT2D eigenvalue weighted by atomic mass is 10.3. The molecule has 0 spiro atoms. The highest BCUT2D eigenvalue weighted by atomic mass is 16.5. The summed E-state index contributed by atoms with van der Waals surface area (Å²) in [4.78, 5) is 3.78. The predicted octanol–water partition coefficient (Wildman–Crippen LogP) is 2.28. The molecule has 0 N–H and O–H groups in total. The van der Waals surface area contributed by atoms with Gasteiger partial charge >= 0.3 is 0 Å². The van der Waals surface area contributed by atoms with E-state index in [2.05, 4.69) is 18.3 Å². The molecular weight excluding hydrogens is 138 g/mol. The fourth-order valence-corrected chi connectivity index (χ4v) is 0.686. The van der Waals surface area contributed by atoms with Gasteiger partial charge in [-0.2, -0.15) is 0 Å². The molecule has 1 saturated carbocycles. The van der Waals surface area contributed by atoms with Crippen molar-refractivity contribution in [2.24, 2.45) is 4.99 Å². The molecule has 0 radical (unpaired) electrons. The van der Waals surface area contributed by atoms with Crippen LogP contribution in [0.4, 0.5) is 0 Å². The molecule has 0 aromatic carbocycles. The largest absolute Gasteiger partial charge is 0.474 e. The molecule has 0 aromatic rings. The lowest BCUT2D eigenvalue weighted by molar-refractivity contribution is 0.193. The molecule has 11 heavy (non-hydrogen) atoms. The quantitative estimate of drug-likeness (QED) is 0.343. The predicted molar refractivity (Wildman–Crippen MR) is 46.6 cm³/mol. The van der Waals surface area contributed by atoms with E-state index in [1.165, 1.54) is 0 Å². The molecule has 0 atom stereocenters. The summed E-state index contributed by atoms with van der Waals surface area (Å²) in [5.74, 6) is 0.627. The van der Waals surface area contributed by atoms with Gasteiger partial charge in [-0.15, -0.1) is 0 Å². The van der Waals surface area contributed by atoms with Crippen LogP contribution in [0.3, 0.4) is 0 Å². The maximum Gasteiger partial charge on any atom is 0.215 e. The summed E-state index contributed by atoms with van der Waals surface area (Å²) < 4.78 is 5.44. The van der Waals surface area contributed by atoms with Crippen LogP contribution in [0.5, 0.6) is 0 Å². The Hall–Kier alpha value is -1.05. The minimum absolute atomic E-state index is 0.380. The van der Waals surface area contributed by atoms with Crippen molar-refractivity contribution < 1.29 is 4.74 Å². The zero-order chi connectivity index (χ0) is 8.27. The van der Waals surface area contributed by atoms with E-state index >= 15 is 0 Å². The summed E-state index contributed by atoms with van der Waals surface area (Å²) in [5.41, 5.74) is 0.951. The SMILES string of the molecule is C=C/C(C)=C(\N=C)OC1CC1. The lowest BCUT2D eigenvalue weighted by Crippen LogP contribution is -1.93. The number of aliphatic imine (C=N–C) groups is 1. The maximum atomic E-state index is 5.44. The minimum Gasteiger partial charge on any atom is -0.474 e. The average Bonchev–Trinajstić information content (AvgIpc) is 2.82. The Balaban J connectivity index is 2.58. The summed E-state index contributed by atoms with van der Waals surface area (Å²) in [7, 11) is 0. The van der Waals surface area contributed by atoms with Crippen LogP contribution in [-0.2, 0) is 4.74 Å². The number of hydrogen-bond donors (Lipinski definition) is 0. The van der Waals surface area contributed by atoms with Gasteiger partial charge in [-0.05, 0) is 26.5 Å². The molecule has 0 unspecified atom stereocenters. The molecule has 1 aliphatic carbocycles. The first-order chi connectivity index (χ1) is 5.27. The molecule has 0 saturated heterocycles. The highest BCUT2D eigenvalue weighted by Gasteiger charge is 2.24. The van der Waals surface area contributed by atoms with Crippen LogP contribution in [0.25, 0.3) is 0 Å². The van der Waals surface area contributed by atoms with Crippen LogP contribution in [0.2, 0.25) is 0 Å². The van der Waals surface area contributed by atoms with E-state index in [4.69, 9.17) is 4.74 Å². The Kier molecular flexibility index (Phi) is 2.47. The summed E-state index contributed by atoms with van der Waals surface area (Å²) in [5, 5.41) is 0. The topological polar surface area (TPSA) is 21.6 Å². The fraction of sp³-hybridized carbons (Fsp3) is 0.444. The molecule has 0 bridgehead atoms. The first-order valence-electron chi connectivity index (χ1n) is 3.74. The van der Waals surface area contributed by atoms with E-state index in [-0.39, 0.29) is 0 Å². The van der Waals surface area contributed by atoms with Gasteiger partial charge in [-0.3, -0.25) is 0 Å². The van der Waals surface area contributed by atoms with Gasteiger partial charge in [0, 0.05) is 5.57 Å². The van der Waals surface area contributed by atoms with Crippen molar-refractivity contribution in [1.82, 2.24) is 0 Å². The van der Waals surface area contributed by atoms with Crippen LogP contribution in [0.15, 0.2) is 29.1 Å². The number of allylic oxidation sites excluding steroid dienone is 2. The van der Waals surface area contributed by atoms with Gasteiger partial charge < -0.3 is 4.74 Å². The van der Waals surface area contributed by atoms with Crippen molar-refractivity contribution >= 4 is 6.72 Å². The van der Waals surface area contributed by atoms with Gasteiger partial charge in [0.2, 0.25) is 5.88 Å². The Morgan fingerprint density at radius 3 is 2.64 bits per heavy atom. The van der Waals surface area contributed by atoms with Crippen LogP contribution in [0, 0.1) is 0 Å². The van der Waals surface area contributed by atoms with Crippen molar-refractivity contribution in [3.63, 3.8) is 0 Å². The highest BCUT2D eigenvalue weighted by molar-refractivity contribution is 5.30. The van der Waals surface area contributed by atoms with Crippen molar-refractivity contribution in [2.75, 3.05) is 0 Å². The lowest BCUT2D eigenvalue weighted by Gasteiger charge is -2.04. The van der Waals surface area contributed by atoms with E-state index < -0.39 is 0 Å². The molecule has 1 rings (SSSR count). The molecule has 1 fully saturated rings. The molecule has 1 aliphatic rings. The van der Waals surface area contributed by atoms with Gasteiger partial charge in [0.1, 0.15) is 6.10 Å². The summed E-state index contributed by atoms with van der Waals surface area (Å²) in [6, 6.07) is 0. The Morgan fingerprint density at radius 1 is 1.64 bits per heavy atom. The van der Waals surface area contributed by atoms with E-state index in [1.807, 2.05) is 6.92 Å². The third-order valence-corrected chi connectivity index (χ3v) is 1.59. The van der Waals surface area contributed by atoms with E-state index in [1.54, 1.807) is 6.08 Å². The van der Waals surface area contributed by atoms with E-state index in [0.717, 1.165) is 18.4 Å². The molecule has 0 amide bonds. The van der Waals surface area contributed by atoms with Gasteiger partial charge in [0.15, 0.2) is 0 Å². The zero-order valence-corrected chi connectivity index (χ0v) is 6.84. The van der Waals surface area contributed by atoms with Crippen molar-refractivity contribution in [3.05, 3.63) is 24.1 Å². The number of hydrogen-bond acceptors (Lipinski definition) is 2. The first-order valence-corrected chi connectivity index (χ1v) is 3.74. The molecule has 60 valence electrons. The Morgan fingerprint density at radius 2 is 2.27 bits per heavy atom. The summed E-state index contributed by atoms with van der Waals surface area (Å²) in [6.45, 7) is 8.98. The molecule has 0 heterocycles. The summed E-state index contributed by atoms with van der Waals surface area (Å²) in [6.07, 6.45) is 4.39. The Labute approximate surface area is 67.3 Å². The minimum atomic E-state index is 0.380. The van der Waals surface area contributed by atoms with Gasteiger partial charge in [-0.25, -0.2) is 4.99 Å². The molecule has 0 aliphatic heterocycles.